The molecule has 3 aromatic rings. The maximum absolute atomic E-state index is 9.67. The summed E-state index contributed by atoms with van der Waals surface area (Å²) in [4.78, 5) is 0. The van der Waals surface area contributed by atoms with Crippen LogP contribution in [0.2, 0.25) is 0 Å². The molecule has 1 N–H and O–H groups in total. The van der Waals surface area contributed by atoms with Gasteiger partial charge in [-0.2, -0.15) is 0 Å². The van der Waals surface area contributed by atoms with E-state index >= 15 is 0 Å². The van der Waals surface area contributed by atoms with Gasteiger partial charge in [0.1, 0.15) is 18.1 Å². The van der Waals surface area contributed by atoms with Crippen LogP contribution in [-0.4, -0.2) is 9.67 Å². The average Bonchev–Trinajstić information content (AvgIpc) is 2.83. The molecule has 3 nitrogen and oxygen atoms in total. The number of phenols is 1. The van der Waals surface area contributed by atoms with Crippen LogP contribution in [0.1, 0.15) is 12.5 Å². The van der Waals surface area contributed by atoms with E-state index in [-0.39, 0.29) is 5.75 Å². The van der Waals surface area contributed by atoms with Crippen molar-refractivity contribution in [2.45, 2.75) is 20.1 Å². The third-order valence-electron chi connectivity index (χ3n) is 3.43. The molecule has 3 rings (SSSR count). The molecule has 0 aliphatic rings. The largest absolute Gasteiger partial charge is 0.508 e. The van der Waals surface area contributed by atoms with Crippen LogP contribution in [0.3, 0.4) is 0 Å². The Morgan fingerprint density at radius 1 is 1.10 bits per heavy atom. The molecule has 3 heteroatoms. The summed E-state index contributed by atoms with van der Waals surface area (Å²) in [5.74, 6) is 1.14. The normalized spacial score (nSPS) is 10.8. The van der Waals surface area contributed by atoms with Crippen LogP contribution in [-0.2, 0) is 13.2 Å². The minimum atomic E-state index is 0.285. The number of aromatic hydroxyl groups is 1. The van der Waals surface area contributed by atoms with Crippen LogP contribution < -0.4 is 4.74 Å². The molecule has 0 radical (unpaired) electrons. The van der Waals surface area contributed by atoms with Crippen LogP contribution in [0.4, 0.5) is 0 Å². The number of fused-ring (bicyclic) bond motifs is 1. The smallest absolute Gasteiger partial charge is 0.119 e. The van der Waals surface area contributed by atoms with Crippen LogP contribution in [0, 0.1) is 0 Å². The Labute approximate surface area is 118 Å². The molecule has 2 aromatic carbocycles. The van der Waals surface area contributed by atoms with Crippen LogP contribution in [0.25, 0.3) is 10.9 Å². The van der Waals surface area contributed by atoms with Gasteiger partial charge in [-0.15, -0.1) is 0 Å². The van der Waals surface area contributed by atoms with Crippen molar-refractivity contribution in [3.63, 3.8) is 0 Å². The summed E-state index contributed by atoms with van der Waals surface area (Å²) < 4.78 is 7.97. The lowest BCUT2D eigenvalue weighted by Crippen LogP contribution is -1.94. The highest BCUT2D eigenvalue weighted by molar-refractivity contribution is 5.85. The van der Waals surface area contributed by atoms with Crippen molar-refractivity contribution in [3.05, 3.63) is 60.3 Å². The lowest BCUT2D eigenvalue weighted by atomic mass is 10.2. The van der Waals surface area contributed by atoms with Crippen molar-refractivity contribution < 1.29 is 9.84 Å². The van der Waals surface area contributed by atoms with Crippen molar-refractivity contribution in [1.82, 2.24) is 4.57 Å². The molecule has 0 aliphatic carbocycles. The van der Waals surface area contributed by atoms with Gasteiger partial charge < -0.3 is 14.4 Å². The van der Waals surface area contributed by atoms with Gasteiger partial charge in [-0.1, -0.05) is 18.2 Å². The van der Waals surface area contributed by atoms with Crippen molar-refractivity contribution in [2.75, 3.05) is 0 Å². The third kappa shape index (κ3) is 2.35. The average molecular weight is 267 g/mol. The van der Waals surface area contributed by atoms with E-state index in [9.17, 15) is 5.11 Å². The summed E-state index contributed by atoms with van der Waals surface area (Å²) in [5.41, 5.74) is 2.21. The Bertz CT molecular complexity index is 716. The SMILES string of the molecule is CCn1cc(COc2ccccc2)c2cc(O)ccc21. The molecule has 0 saturated heterocycles. The van der Waals surface area contributed by atoms with Crippen molar-refractivity contribution >= 4 is 10.9 Å². The molecular formula is C17H17NO2. The van der Waals surface area contributed by atoms with Crippen molar-refractivity contribution in [3.8, 4) is 11.5 Å². The number of para-hydroxylation sites is 1. The number of hydrogen-bond donors (Lipinski definition) is 1. The molecule has 1 heterocycles. The lowest BCUT2D eigenvalue weighted by Gasteiger charge is -2.04. The number of phenolic OH excluding ortho intramolecular Hbond substituents is 1. The second kappa shape index (κ2) is 5.29. The molecule has 20 heavy (non-hydrogen) atoms. The molecule has 0 aliphatic heterocycles. The second-order valence-corrected chi connectivity index (χ2v) is 4.74. The fourth-order valence-electron chi connectivity index (χ4n) is 2.41. The van der Waals surface area contributed by atoms with Crippen molar-refractivity contribution in [1.29, 1.82) is 0 Å². The molecular weight excluding hydrogens is 250 g/mol. The monoisotopic (exact) mass is 267 g/mol. The molecule has 1 aromatic heterocycles. The van der Waals surface area contributed by atoms with Crippen LogP contribution in [0.5, 0.6) is 11.5 Å². The second-order valence-electron chi connectivity index (χ2n) is 4.74. The zero-order valence-corrected chi connectivity index (χ0v) is 11.4. The quantitative estimate of drug-likeness (QED) is 0.776. The van der Waals surface area contributed by atoms with Crippen LogP contribution in [0.15, 0.2) is 54.7 Å². The summed E-state index contributed by atoms with van der Waals surface area (Å²) in [6.45, 7) is 3.50. The summed E-state index contributed by atoms with van der Waals surface area (Å²) in [7, 11) is 0. The van der Waals surface area contributed by atoms with Gasteiger partial charge in [-0.05, 0) is 37.3 Å². The summed E-state index contributed by atoms with van der Waals surface area (Å²) in [5, 5.41) is 10.7. The predicted molar refractivity (Wildman–Crippen MR) is 80.1 cm³/mol. The maximum atomic E-state index is 9.67. The Balaban J connectivity index is 1.93. The number of ether oxygens (including phenoxy) is 1. The topological polar surface area (TPSA) is 34.4 Å². The van der Waals surface area contributed by atoms with Gasteiger partial charge in [0.2, 0.25) is 0 Å². The Morgan fingerprint density at radius 3 is 2.65 bits per heavy atom. The van der Waals surface area contributed by atoms with Gasteiger partial charge in [-0.3, -0.25) is 0 Å². The number of hydrogen-bond acceptors (Lipinski definition) is 2. The summed E-state index contributed by atoms with van der Waals surface area (Å²) >= 11 is 0. The van der Waals surface area contributed by atoms with E-state index in [2.05, 4.69) is 17.7 Å². The van der Waals surface area contributed by atoms with E-state index in [0.717, 1.165) is 28.8 Å². The highest BCUT2D eigenvalue weighted by Crippen LogP contribution is 2.26. The van der Waals surface area contributed by atoms with Crippen molar-refractivity contribution in [2.24, 2.45) is 0 Å². The Kier molecular flexibility index (Phi) is 3.33. The highest BCUT2D eigenvalue weighted by Gasteiger charge is 2.09. The lowest BCUT2D eigenvalue weighted by molar-refractivity contribution is 0.307. The molecule has 0 fully saturated rings. The minimum Gasteiger partial charge on any atom is -0.508 e. The fourth-order valence-corrected chi connectivity index (χ4v) is 2.41. The minimum absolute atomic E-state index is 0.285. The van der Waals surface area contributed by atoms with E-state index in [1.165, 1.54) is 0 Å². The standard InChI is InChI=1S/C17H17NO2/c1-2-18-11-13(12-20-15-6-4-3-5-7-15)16-10-14(19)8-9-17(16)18/h3-11,19H,2,12H2,1H3. The van der Waals surface area contributed by atoms with Gasteiger partial charge in [-0.25, -0.2) is 0 Å². The first-order chi connectivity index (χ1) is 9.78. The summed E-state index contributed by atoms with van der Waals surface area (Å²) in [6, 6.07) is 15.2. The molecule has 0 bridgehead atoms. The molecule has 0 saturated carbocycles. The third-order valence-corrected chi connectivity index (χ3v) is 3.43. The van der Waals surface area contributed by atoms with Gasteiger partial charge in [0.05, 0.1) is 0 Å². The zero-order chi connectivity index (χ0) is 13.9. The highest BCUT2D eigenvalue weighted by atomic mass is 16.5. The number of aryl methyl sites for hydroxylation is 1. The number of benzene rings is 2. The number of nitrogens with zero attached hydrogens (tertiary/aromatic N) is 1. The van der Waals surface area contributed by atoms with Gasteiger partial charge in [0.15, 0.2) is 0 Å². The Morgan fingerprint density at radius 2 is 1.90 bits per heavy atom. The summed E-state index contributed by atoms with van der Waals surface area (Å²) in [6.07, 6.45) is 2.09. The van der Waals surface area contributed by atoms with Crippen LogP contribution >= 0.6 is 0 Å². The van der Waals surface area contributed by atoms with Gasteiger partial charge in [0.25, 0.3) is 0 Å². The number of aromatic nitrogens is 1. The van der Waals surface area contributed by atoms with E-state index < -0.39 is 0 Å². The van der Waals surface area contributed by atoms with Gasteiger partial charge in [0, 0.05) is 29.2 Å². The first kappa shape index (κ1) is 12.6. The molecule has 0 atom stereocenters. The van der Waals surface area contributed by atoms with Gasteiger partial charge >= 0.3 is 0 Å². The Hall–Kier alpha value is -2.42. The number of rotatable bonds is 4. The molecule has 0 amide bonds. The maximum Gasteiger partial charge on any atom is 0.119 e. The fraction of sp³-hybridized carbons (Fsp3) is 0.176. The van der Waals surface area contributed by atoms with E-state index in [4.69, 9.17) is 4.74 Å². The zero-order valence-electron chi connectivity index (χ0n) is 11.4. The van der Waals surface area contributed by atoms with E-state index in [1.54, 1.807) is 12.1 Å². The van der Waals surface area contributed by atoms with E-state index in [1.807, 2.05) is 36.4 Å². The molecule has 0 unspecified atom stereocenters. The first-order valence-electron chi connectivity index (χ1n) is 6.76. The van der Waals surface area contributed by atoms with E-state index in [0.29, 0.717) is 6.61 Å². The molecule has 0 spiro atoms. The molecule has 102 valence electrons. The first-order valence-corrected chi connectivity index (χ1v) is 6.76. The predicted octanol–water partition coefficient (Wildman–Crippen LogP) is 3.95.